The number of rotatable bonds is 4. The van der Waals surface area contributed by atoms with E-state index in [-0.39, 0.29) is 18.3 Å². The second-order valence-electron chi connectivity index (χ2n) is 4.62. The van der Waals surface area contributed by atoms with E-state index in [9.17, 15) is 4.79 Å². The van der Waals surface area contributed by atoms with Crippen molar-refractivity contribution in [3.05, 3.63) is 42.2 Å². The van der Waals surface area contributed by atoms with Crippen LogP contribution in [0.4, 0.5) is 0 Å². The summed E-state index contributed by atoms with van der Waals surface area (Å²) >= 11 is 0. The maximum absolute atomic E-state index is 11.9. The zero-order chi connectivity index (χ0) is 13.1. The predicted molar refractivity (Wildman–Crippen MR) is 77.3 cm³/mol. The molecule has 1 aliphatic heterocycles. The lowest BCUT2D eigenvalue weighted by molar-refractivity contribution is 0.0937. The van der Waals surface area contributed by atoms with E-state index in [0.29, 0.717) is 18.2 Å². The van der Waals surface area contributed by atoms with Crippen molar-refractivity contribution in [1.29, 1.82) is 0 Å². The predicted octanol–water partition coefficient (Wildman–Crippen LogP) is 0.638. The third-order valence-electron chi connectivity index (χ3n) is 3.16. The summed E-state index contributed by atoms with van der Waals surface area (Å²) in [4.78, 5) is 11.9. The molecule has 1 aromatic carbocycles. The number of aromatic nitrogens is 3. The Labute approximate surface area is 123 Å². The van der Waals surface area contributed by atoms with Crippen LogP contribution in [-0.4, -0.2) is 40.5 Å². The minimum Gasteiger partial charge on any atom is -0.350 e. The van der Waals surface area contributed by atoms with Crippen molar-refractivity contribution >= 4 is 18.3 Å². The van der Waals surface area contributed by atoms with Gasteiger partial charge in [0.15, 0.2) is 5.69 Å². The first-order chi connectivity index (χ1) is 9.33. The molecule has 6 nitrogen and oxygen atoms in total. The molecule has 0 unspecified atom stereocenters. The Hall–Kier alpha value is -1.92. The summed E-state index contributed by atoms with van der Waals surface area (Å²) in [6.45, 7) is 2.62. The molecule has 1 aliphatic rings. The van der Waals surface area contributed by atoms with Crippen molar-refractivity contribution in [3.8, 4) is 5.69 Å². The molecule has 0 atom stereocenters. The van der Waals surface area contributed by atoms with Crippen molar-refractivity contribution in [1.82, 2.24) is 25.6 Å². The lowest BCUT2D eigenvalue weighted by Crippen LogP contribution is -2.48. The standard InChI is InChI=1S/C13H15N5O.ClH/c19-13(15-8-10-6-14-7-10)12-9-18(17-16-12)11-4-2-1-3-5-11;/h1-5,9-10,14H,6-8H2,(H,15,19);1H. The Morgan fingerprint density at radius 3 is 2.75 bits per heavy atom. The van der Waals surface area contributed by atoms with E-state index >= 15 is 0 Å². The highest BCUT2D eigenvalue weighted by Gasteiger charge is 2.18. The maximum Gasteiger partial charge on any atom is 0.273 e. The molecule has 2 aromatic rings. The Bertz CT molecular complexity index is 567. The number of para-hydroxylation sites is 1. The SMILES string of the molecule is Cl.O=C(NCC1CNC1)c1cn(-c2ccccc2)nn1. The van der Waals surface area contributed by atoms with Crippen molar-refractivity contribution in [2.75, 3.05) is 19.6 Å². The number of benzene rings is 1. The van der Waals surface area contributed by atoms with Crippen LogP contribution in [0.2, 0.25) is 0 Å². The second kappa shape index (κ2) is 6.49. The van der Waals surface area contributed by atoms with Crippen molar-refractivity contribution in [3.63, 3.8) is 0 Å². The molecule has 2 N–H and O–H groups in total. The molecule has 20 heavy (non-hydrogen) atoms. The topological polar surface area (TPSA) is 71.8 Å². The number of halogens is 1. The number of carbonyl (C=O) groups is 1. The molecule has 2 heterocycles. The van der Waals surface area contributed by atoms with Crippen LogP contribution in [0.25, 0.3) is 5.69 Å². The third-order valence-corrected chi connectivity index (χ3v) is 3.16. The van der Waals surface area contributed by atoms with Gasteiger partial charge < -0.3 is 10.6 Å². The Morgan fingerprint density at radius 1 is 1.35 bits per heavy atom. The molecule has 1 fully saturated rings. The maximum atomic E-state index is 11.9. The van der Waals surface area contributed by atoms with Gasteiger partial charge in [0.25, 0.3) is 5.91 Å². The first-order valence-corrected chi connectivity index (χ1v) is 6.29. The van der Waals surface area contributed by atoms with E-state index in [1.165, 1.54) is 0 Å². The van der Waals surface area contributed by atoms with Gasteiger partial charge in [-0.25, -0.2) is 4.68 Å². The number of hydrogen-bond donors (Lipinski definition) is 2. The summed E-state index contributed by atoms with van der Waals surface area (Å²) in [7, 11) is 0. The molecular weight excluding hydrogens is 278 g/mol. The van der Waals surface area contributed by atoms with Gasteiger partial charge in [-0.3, -0.25) is 4.79 Å². The second-order valence-corrected chi connectivity index (χ2v) is 4.62. The fraction of sp³-hybridized carbons (Fsp3) is 0.308. The summed E-state index contributed by atoms with van der Waals surface area (Å²) in [5.41, 5.74) is 1.23. The Morgan fingerprint density at radius 2 is 2.10 bits per heavy atom. The van der Waals surface area contributed by atoms with Gasteiger partial charge in [-0.15, -0.1) is 17.5 Å². The Balaban J connectivity index is 0.00000147. The minimum atomic E-state index is -0.172. The normalized spacial score (nSPS) is 14.2. The van der Waals surface area contributed by atoms with E-state index < -0.39 is 0 Å². The van der Waals surface area contributed by atoms with Crippen LogP contribution in [0.1, 0.15) is 10.5 Å². The number of carbonyl (C=O) groups excluding carboxylic acids is 1. The van der Waals surface area contributed by atoms with Crippen LogP contribution >= 0.6 is 12.4 Å². The first kappa shape index (κ1) is 14.5. The van der Waals surface area contributed by atoms with Crippen molar-refractivity contribution in [2.45, 2.75) is 0 Å². The average molecular weight is 294 g/mol. The summed E-state index contributed by atoms with van der Waals surface area (Å²) in [6.07, 6.45) is 1.64. The number of nitrogens with zero attached hydrogens (tertiary/aromatic N) is 3. The third kappa shape index (κ3) is 3.15. The van der Waals surface area contributed by atoms with Gasteiger partial charge >= 0.3 is 0 Å². The molecule has 3 rings (SSSR count). The largest absolute Gasteiger partial charge is 0.350 e. The van der Waals surface area contributed by atoms with Crippen molar-refractivity contribution < 1.29 is 4.79 Å². The zero-order valence-electron chi connectivity index (χ0n) is 10.8. The fourth-order valence-electron chi connectivity index (χ4n) is 1.90. The molecule has 1 saturated heterocycles. The van der Waals surface area contributed by atoms with Crippen LogP contribution in [-0.2, 0) is 0 Å². The molecule has 106 valence electrons. The molecule has 0 spiro atoms. The lowest BCUT2D eigenvalue weighted by atomic mass is 10.0. The summed E-state index contributed by atoms with van der Waals surface area (Å²) in [5.74, 6) is 0.363. The van der Waals surface area contributed by atoms with E-state index in [4.69, 9.17) is 0 Å². The molecule has 0 bridgehead atoms. The van der Waals surface area contributed by atoms with Crippen LogP contribution in [0.5, 0.6) is 0 Å². The molecule has 0 aliphatic carbocycles. The summed E-state index contributed by atoms with van der Waals surface area (Å²) in [5, 5.41) is 13.9. The van der Waals surface area contributed by atoms with Gasteiger partial charge in [0.2, 0.25) is 0 Å². The van der Waals surface area contributed by atoms with Crippen LogP contribution in [0.15, 0.2) is 36.5 Å². The highest BCUT2D eigenvalue weighted by molar-refractivity contribution is 5.91. The van der Waals surface area contributed by atoms with E-state index in [1.807, 2.05) is 30.3 Å². The fourth-order valence-corrected chi connectivity index (χ4v) is 1.90. The van der Waals surface area contributed by atoms with Gasteiger partial charge in [0.05, 0.1) is 11.9 Å². The van der Waals surface area contributed by atoms with Gasteiger partial charge in [-0.2, -0.15) is 0 Å². The first-order valence-electron chi connectivity index (χ1n) is 6.29. The summed E-state index contributed by atoms with van der Waals surface area (Å²) in [6, 6.07) is 9.59. The highest BCUT2D eigenvalue weighted by Crippen LogP contribution is 2.06. The van der Waals surface area contributed by atoms with Gasteiger partial charge in [-0.1, -0.05) is 23.4 Å². The molecule has 0 saturated carbocycles. The van der Waals surface area contributed by atoms with Gasteiger partial charge in [0.1, 0.15) is 0 Å². The smallest absolute Gasteiger partial charge is 0.273 e. The minimum absolute atomic E-state index is 0. The Kier molecular flexibility index (Phi) is 4.70. The zero-order valence-corrected chi connectivity index (χ0v) is 11.6. The number of nitrogens with one attached hydrogen (secondary N) is 2. The average Bonchev–Trinajstić information content (AvgIpc) is 2.87. The molecule has 0 radical (unpaired) electrons. The molecular formula is C13H16ClN5O. The lowest BCUT2D eigenvalue weighted by Gasteiger charge is -2.26. The van der Waals surface area contributed by atoms with Crippen molar-refractivity contribution in [2.24, 2.45) is 5.92 Å². The monoisotopic (exact) mass is 293 g/mol. The quantitative estimate of drug-likeness (QED) is 0.868. The molecule has 7 heteroatoms. The highest BCUT2D eigenvalue weighted by atomic mass is 35.5. The molecule has 1 amide bonds. The number of amides is 1. The van der Waals surface area contributed by atoms with Crippen LogP contribution in [0.3, 0.4) is 0 Å². The summed E-state index contributed by atoms with van der Waals surface area (Å²) < 4.78 is 1.60. The number of hydrogen-bond acceptors (Lipinski definition) is 4. The van der Waals surface area contributed by atoms with E-state index in [0.717, 1.165) is 18.8 Å². The van der Waals surface area contributed by atoms with E-state index in [1.54, 1.807) is 10.9 Å². The van der Waals surface area contributed by atoms with Gasteiger partial charge in [-0.05, 0) is 12.1 Å². The van der Waals surface area contributed by atoms with E-state index in [2.05, 4.69) is 20.9 Å². The van der Waals surface area contributed by atoms with Gasteiger partial charge in [0, 0.05) is 25.6 Å². The van der Waals surface area contributed by atoms with Crippen LogP contribution in [0, 0.1) is 5.92 Å². The molecule has 1 aromatic heterocycles. The van der Waals surface area contributed by atoms with Crippen LogP contribution < -0.4 is 10.6 Å².